The Kier molecular flexibility index (Phi) is 4.98. The summed E-state index contributed by atoms with van der Waals surface area (Å²) in [5.41, 5.74) is 2.48. The van der Waals surface area contributed by atoms with E-state index >= 15 is 0 Å². The molecule has 2 aromatic rings. The molecule has 5 heteroatoms. The highest BCUT2D eigenvalue weighted by molar-refractivity contribution is 5.51. The normalized spacial score (nSPS) is 18.1. The van der Waals surface area contributed by atoms with Crippen molar-refractivity contribution < 1.29 is 4.74 Å². The van der Waals surface area contributed by atoms with Crippen LogP contribution in [0.4, 0.5) is 5.69 Å². The minimum atomic E-state index is 0.143. The van der Waals surface area contributed by atoms with Crippen molar-refractivity contribution >= 4 is 5.69 Å². The van der Waals surface area contributed by atoms with Gasteiger partial charge in [-0.3, -0.25) is 9.69 Å². The maximum absolute atomic E-state index is 12.3. The first-order chi connectivity index (χ1) is 12.7. The van der Waals surface area contributed by atoms with Gasteiger partial charge in [0.05, 0.1) is 7.11 Å². The van der Waals surface area contributed by atoms with Crippen molar-refractivity contribution in [1.82, 2.24) is 9.47 Å². The van der Waals surface area contributed by atoms with E-state index in [1.807, 2.05) is 29.0 Å². The molecule has 2 aliphatic rings. The molecular weight excluding hydrogens is 326 g/mol. The van der Waals surface area contributed by atoms with Crippen LogP contribution in [0.1, 0.15) is 18.4 Å². The molecule has 2 heterocycles. The number of anilines is 1. The number of hydrogen-bond acceptors (Lipinski definition) is 4. The molecule has 1 aliphatic carbocycles. The van der Waals surface area contributed by atoms with Crippen LogP contribution in [0.15, 0.2) is 47.4 Å². The summed E-state index contributed by atoms with van der Waals surface area (Å²) >= 11 is 0. The van der Waals surface area contributed by atoms with Gasteiger partial charge in [0.2, 0.25) is 0 Å². The van der Waals surface area contributed by atoms with Crippen LogP contribution in [0.3, 0.4) is 0 Å². The van der Waals surface area contributed by atoms with E-state index in [-0.39, 0.29) is 5.56 Å². The Bertz CT molecular complexity index is 805. The molecule has 1 aliphatic heterocycles. The Labute approximate surface area is 154 Å². The number of aromatic nitrogens is 1. The molecule has 0 amide bonds. The molecular formula is C21H27N3O2. The predicted octanol–water partition coefficient (Wildman–Crippen LogP) is 2.59. The maximum Gasteiger partial charge on any atom is 0.250 e. The number of pyridine rings is 1. The van der Waals surface area contributed by atoms with Gasteiger partial charge in [0.15, 0.2) is 0 Å². The van der Waals surface area contributed by atoms with Crippen LogP contribution in [0.5, 0.6) is 5.75 Å². The van der Waals surface area contributed by atoms with Crippen LogP contribution in [0, 0.1) is 5.92 Å². The summed E-state index contributed by atoms with van der Waals surface area (Å²) in [6.45, 7) is 5.73. The smallest absolute Gasteiger partial charge is 0.250 e. The van der Waals surface area contributed by atoms with Crippen molar-refractivity contribution in [1.29, 1.82) is 0 Å². The monoisotopic (exact) mass is 353 g/mol. The minimum absolute atomic E-state index is 0.143. The fraction of sp³-hybridized carbons (Fsp3) is 0.476. The highest BCUT2D eigenvalue weighted by atomic mass is 16.5. The number of nitrogens with zero attached hydrogens (tertiary/aromatic N) is 3. The largest absolute Gasteiger partial charge is 0.497 e. The summed E-state index contributed by atoms with van der Waals surface area (Å²) in [7, 11) is 1.70. The van der Waals surface area contributed by atoms with Crippen molar-refractivity contribution in [3.63, 3.8) is 0 Å². The molecule has 1 saturated heterocycles. The molecule has 0 bridgehead atoms. The van der Waals surface area contributed by atoms with E-state index in [1.54, 1.807) is 7.11 Å². The number of piperazine rings is 1. The van der Waals surface area contributed by atoms with Crippen molar-refractivity contribution in [3.8, 4) is 5.75 Å². The van der Waals surface area contributed by atoms with Crippen molar-refractivity contribution in [3.05, 3.63) is 58.5 Å². The average Bonchev–Trinajstić information content (AvgIpc) is 3.49. The zero-order valence-electron chi connectivity index (χ0n) is 15.4. The van der Waals surface area contributed by atoms with Gasteiger partial charge in [-0.05, 0) is 42.5 Å². The van der Waals surface area contributed by atoms with Gasteiger partial charge >= 0.3 is 0 Å². The Morgan fingerprint density at radius 3 is 2.58 bits per heavy atom. The van der Waals surface area contributed by atoms with Gasteiger partial charge in [-0.15, -0.1) is 0 Å². The summed E-state index contributed by atoms with van der Waals surface area (Å²) in [5, 5.41) is 0. The van der Waals surface area contributed by atoms with Gasteiger partial charge in [0.1, 0.15) is 5.75 Å². The van der Waals surface area contributed by atoms with Crippen molar-refractivity contribution in [2.24, 2.45) is 5.92 Å². The average molecular weight is 353 g/mol. The third-order valence-corrected chi connectivity index (χ3v) is 5.41. The quantitative estimate of drug-likeness (QED) is 0.800. The molecule has 1 saturated carbocycles. The third kappa shape index (κ3) is 4.10. The lowest BCUT2D eigenvalue weighted by Gasteiger charge is -2.36. The summed E-state index contributed by atoms with van der Waals surface area (Å²) in [4.78, 5) is 17.1. The van der Waals surface area contributed by atoms with Gasteiger partial charge in [0, 0.05) is 63.3 Å². The molecule has 0 unspecified atom stereocenters. The maximum atomic E-state index is 12.3. The molecule has 0 N–H and O–H groups in total. The van der Waals surface area contributed by atoms with E-state index in [4.69, 9.17) is 4.74 Å². The topological polar surface area (TPSA) is 37.7 Å². The first kappa shape index (κ1) is 17.2. The highest BCUT2D eigenvalue weighted by Crippen LogP contribution is 2.30. The van der Waals surface area contributed by atoms with Gasteiger partial charge in [-0.1, -0.05) is 6.07 Å². The number of ether oxygens (including phenoxy) is 1. The molecule has 5 nitrogen and oxygen atoms in total. The summed E-state index contributed by atoms with van der Waals surface area (Å²) in [5.74, 6) is 1.62. The molecule has 26 heavy (non-hydrogen) atoms. The molecule has 1 aromatic heterocycles. The second kappa shape index (κ2) is 7.54. The van der Waals surface area contributed by atoms with E-state index in [1.165, 1.54) is 18.5 Å². The second-order valence-electron chi connectivity index (χ2n) is 7.43. The Morgan fingerprint density at radius 1 is 1.08 bits per heavy atom. The minimum Gasteiger partial charge on any atom is -0.497 e. The van der Waals surface area contributed by atoms with Crippen LogP contribution >= 0.6 is 0 Å². The summed E-state index contributed by atoms with van der Waals surface area (Å²) in [6, 6.07) is 12.2. The second-order valence-corrected chi connectivity index (χ2v) is 7.43. The Morgan fingerprint density at radius 2 is 1.88 bits per heavy atom. The first-order valence-electron chi connectivity index (χ1n) is 9.52. The van der Waals surface area contributed by atoms with Gasteiger partial charge in [-0.25, -0.2) is 0 Å². The summed E-state index contributed by atoms with van der Waals surface area (Å²) < 4.78 is 7.19. The number of benzene rings is 1. The van der Waals surface area contributed by atoms with Gasteiger partial charge in [0.25, 0.3) is 5.56 Å². The zero-order chi connectivity index (χ0) is 17.9. The number of rotatable bonds is 6. The van der Waals surface area contributed by atoms with Gasteiger partial charge in [-0.2, -0.15) is 0 Å². The van der Waals surface area contributed by atoms with E-state index in [9.17, 15) is 4.79 Å². The van der Waals surface area contributed by atoms with E-state index in [0.29, 0.717) is 0 Å². The number of hydrogen-bond donors (Lipinski definition) is 0. The van der Waals surface area contributed by atoms with Crippen molar-refractivity contribution in [2.75, 3.05) is 38.2 Å². The van der Waals surface area contributed by atoms with E-state index in [0.717, 1.165) is 56.5 Å². The lowest BCUT2D eigenvalue weighted by Crippen LogP contribution is -2.46. The fourth-order valence-corrected chi connectivity index (χ4v) is 3.61. The lowest BCUT2D eigenvalue weighted by molar-refractivity contribution is 0.249. The lowest BCUT2D eigenvalue weighted by atomic mass is 10.2. The van der Waals surface area contributed by atoms with E-state index in [2.05, 4.69) is 28.0 Å². The Hall–Kier alpha value is -2.27. The van der Waals surface area contributed by atoms with E-state index < -0.39 is 0 Å². The van der Waals surface area contributed by atoms with Crippen LogP contribution in [0.25, 0.3) is 0 Å². The van der Waals surface area contributed by atoms with Crippen LogP contribution in [-0.4, -0.2) is 42.8 Å². The Balaban J connectivity index is 1.33. The molecule has 0 radical (unpaired) electrons. The summed E-state index contributed by atoms with van der Waals surface area (Å²) in [6.07, 6.45) is 4.51. The van der Waals surface area contributed by atoms with Crippen molar-refractivity contribution in [2.45, 2.75) is 25.9 Å². The van der Waals surface area contributed by atoms with Gasteiger partial charge < -0.3 is 14.2 Å². The molecule has 1 aromatic carbocycles. The molecule has 0 spiro atoms. The highest BCUT2D eigenvalue weighted by Gasteiger charge is 2.22. The molecule has 138 valence electrons. The molecule has 2 fully saturated rings. The van der Waals surface area contributed by atoms with Crippen LogP contribution < -0.4 is 15.2 Å². The SMILES string of the molecule is COc1cccc(N2CCN(Cc3ccn(CC4CC4)c(=O)c3)CC2)c1. The third-order valence-electron chi connectivity index (χ3n) is 5.41. The fourth-order valence-electron chi connectivity index (χ4n) is 3.61. The van der Waals surface area contributed by atoms with Crippen LogP contribution in [0.2, 0.25) is 0 Å². The predicted molar refractivity (Wildman–Crippen MR) is 104 cm³/mol. The standard InChI is InChI=1S/C21H27N3O2/c1-26-20-4-2-3-19(14-20)23-11-9-22(10-12-23)15-18-7-8-24(21(25)13-18)16-17-5-6-17/h2-4,7-8,13-14,17H,5-6,9-12,15-16H2,1H3. The molecule has 0 atom stereocenters. The zero-order valence-corrected chi connectivity index (χ0v) is 15.4. The first-order valence-corrected chi connectivity index (χ1v) is 9.52. The molecule has 4 rings (SSSR count). The van der Waals surface area contributed by atoms with Crippen LogP contribution in [-0.2, 0) is 13.1 Å². The number of methoxy groups -OCH3 is 1.